The van der Waals surface area contributed by atoms with Gasteiger partial charge in [-0.15, -0.1) is 0 Å². The average Bonchev–Trinajstić information content (AvgIpc) is 2.74. The number of hydrogen-bond acceptors (Lipinski definition) is 4. The molecule has 3 heterocycles. The van der Waals surface area contributed by atoms with Crippen molar-refractivity contribution in [1.29, 1.82) is 0 Å². The van der Waals surface area contributed by atoms with Crippen LogP contribution in [0.5, 0.6) is 0 Å². The van der Waals surface area contributed by atoms with Crippen LogP contribution in [-0.2, 0) is 0 Å². The largest absolute Gasteiger partial charge is 0.339 e. The number of H-pyrrole nitrogens is 1. The Kier molecular flexibility index (Phi) is 2.63. The van der Waals surface area contributed by atoms with Crippen LogP contribution >= 0.6 is 0 Å². The van der Waals surface area contributed by atoms with E-state index in [1.807, 2.05) is 6.92 Å². The number of aromatic nitrogens is 2. The van der Waals surface area contributed by atoms with Crippen LogP contribution in [0, 0.1) is 6.92 Å². The lowest BCUT2D eigenvalue weighted by atomic mass is 10.2. The zero-order valence-electron chi connectivity index (χ0n) is 10.1. The first-order valence-corrected chi connectivity index (χ1v) is 6.29. The lowest BCUT2D eigenvalue weighted by molar-refractivity contribution is 0.229. The van der Waals surface area contributed by atoms with Crippen LogP contribution in [-0.4, -0.2) is 47.1 Å². The molecule has 17 heavy (non-hydrogen) atoms. The molecule has 0 unspecified atom stereocenters. The van der Waals surface area contributed by atoms with Crippen LogP contribution in [0.1, 0.15) is 18.5 Å². The first-order chi connectivity index (χ1) is 8.22. The third-order valence-electron chi connectivity index (χ3n) is 3.74. The van der Waals surface area contributed by atoms with Crippen LogP contribution in [0.25, 0.3) is 0 Å². The number of anilines is 1. The summed E-state index contributed by atoms with van der Waals surface area (Å²) < 4.78 is 0. The second kappa shape index (κ2) is 4.14. The highest BCUT2D eigenvalue weighted by Gasteiger charge is 2.31. The van der Waals surface area contributed by atoms with Gasteiger partial charge in [-0.25, -0.2) is 4.98 Å². The lowest BCUT2D eigenvalue weighted by Crippen LogP contribution is -2.51. The van der Waals surface area contributed by atoms with Crippen molar-refractivity contribution in [3.63, 3.8) is 0 Å². The van der Waals surface area contributed by atoms with Crippen LogP contribution in [0.4, 0.5) is 5.95 Å². The van der Waals surface area contributed by atoms with Crippen LogP contribution in [0.3, 0.4) is 0 Å². The quantitative estimate of drug-likeness (QED) is 0.762. The number of aromatic amines is 1. The van der Waals surface area contributed by atoms with Crippen molar-refractivity contribution >= 4 is 5.95 Å². The van der Waals surface area contributed by atoms with E-state index in [0.29, 0.717) is 6.04 Å². The first-order valence-electron chi connectivity index (χ1n) is 6.29. The van der Waals surface area contributed by atoms with Gasteiger partial charge < -0.3 is 4.90 Å². The number of nitrogens with one attached hydrogen (secondary N) is 1. The molecule has 5 nitrogen and oxygen atoms in total. The fourth-order valence-corrected chi connectivity index (χ4v) is 2.90. The minimum Gasteiger partial charge on any atom is -0.339 e. The molecule has 5 heteroatoms. The van der Waals surface area contributed by atoms with Gasteiger partial charge in [0, 0.05) is 37.4 Å². The Labute approximate surface area is 100 Å². The highest BCUT2D eigenvalue weighted by atomic mass is 16.1. The van der Waals surface area contributed by atoms with Crippen molar-refractivity contribution in [2.75, 3.05) is 31.1 Å². The predicted octanol–water partition coefficient (Wildman–Crippen LogP) is 0.363. The fraction of sp³-hybridized carbons (Fsp3) is 0.667. The monoisotopic (exact) mass is 234 g/mol. The van der Waals surface area contributed by atoms with Gasteiger partial charge in [-0.3, -0.25) is 14.7 Å². The zero-order chi connectivity index (χ0) is 11.8. The van der Waals surface area contributed by atoms with E-state index in [0.717, 1.165) is 31.3 Å². The smallest absolute Gasteiger partial charge is 0.252 e. The van der Waals surface area contributed by atoms with E-state index in [-0.39, 0.29) is 5.56 Å². The molecule has 0 saturated carbocycles. The molecular weight excluding hydrogens is 216 g/mol. The van der Waals surface area contributed by atoms with Crippen molar-refractivity contribution in [3.05, 3.63) is 22.1 Å². The van der Waals surface area contributed by atoms with E-state index in [4.69, 9.17) is 0 Å². The summed E-state index contributed by atoms with van der Waals surface area (Å²) in [5, 5.41) is 0. The lowest BCUT2D eigenvalue weighted by Gasteiger charge is -2.37. The summed E-state index contributed by atoms with van der Waals surface area (Å²) in [6.07, 6.45) is 2.57. The number of piperazine rings is 1. The van der Waals surface area contributed by atoms with Crippen molar-refractivity contribution in [3.8, 4) is 0 Å². The predicted molar refractivity (Wildman–Crippen MR) is 66.4 cm³/mol. The minimum absolute atomic E-state index is 0.0543. The Morgan fingerprint density at radius 2 is 2.29 bits per heavy atom. The van der Waals surface area contributed by atoms with Gasteiger partial charge in [0.2, 0.25) is 5.95 Å². The molecule has 3 rings (SSSR count). The molecule has 0 amide bonds. The maximum absolute atomic E-state index is 11.4. The number of aryl methyl sites for hydroxylation is 1. The summed E-state index contributed by atoms with van der Waals surface area (Å²) >= 11 is 0. The number of rotatable bonds is 1. The van der Waals surface area contributed by atoms with Gasteiger partial charge in [0.1, 0.15) is 0 Å². The highest BCUT2D eigenvalue weighted by molar-refractivity contribution is 5.31. The van der Waals surface area contributed by atoms with E-state index in [2.05, 4.69) is 19.8 Å². The summed E-state index contributed by atoms with van der Waals surface area (Å²) in [5.74, 6) is 0.738. The molecule has 0 radical (unpaired) electrons. The van der Waals surface area contributed by atoms with E-state index in [9.17, 15) is 4.79 Å². The summed E-state index contributed by atoms with van der Waals surface area (Å²) in [5.41, 5.74) is 0.735. The Morgan fingerprint density at radius 1 is 1.41 bits per heavy atom. The third kappa shape index (κ3) is 2.07. The molecule has 1 aromatic heterocycles. The van der Waals surface area contributed by atoms with Crippen molar-refractivity contribution in [1.82, 2.24) is 14.9 Å². The van der Waals surface area contributed by atoms with E-state index in [1.54, 1.807) is 0 Å². The maximum atomic E-state index is 11.4. The summed E-state index contributed by atoms with van der Waals surface area (Å²) in [7, 11) is 0. The van der Waals surface area contributed by atoms with Crippen LogP contribution in [0.15, 0.2) is 10.9 Å². The van der Waals surface area contributed by atoms with Gasteiger partial charge in [-0.2, -0.15) is 0 Å². The van der Waals surface area contributed by atoms with Crippen molar-refractivity contribution in [2.45, 2.75) is 25.8 Å². The molecule has 2 aliphatic heterocycles. The van der Waals surface area contributed by atoms with Crippen molar-refractivity contribution < 1.29 is 0 Å². The van der Waals surface area contributed by atoms with Crippen LogP contribution < -0.4 is 10.5 Å². The number of hydrogen-bond donors (Lipinski definition) is 1. The standard InChI is InChI=1S/C12H18N4O/c1-9-7-11(17)14-12(13-9)16-6-5-15-4-2-3-10(15)8-16/h7,10H,2-6,8H2,1H3,(H,13,14,17)/t10-/m1/s1. The van der Waals surface area contributed by atoms with E-state index < -0.39 is 0 Å². The summed E-state index contributed by atoms with van der Waals surface area (Å²) in [6.45, 7) is 6.14. The number of nitrogens with zero attached hydrogens (tertiary/aromatic N) is 3. The molecule has 1 atom stereocenters. The summed E-state index contributed by atoms with van der Waals surface area (Å²) in [4.78, 5) is 23.5. The van der Waals surface area contributed by atoms with Crippen LogP contribution in [0.2, 0.25) is 0 Å². The molecule has 1 N–H and O–H groups in total. The fourth-order valence-electron chi connectivity index (χ4n) is 2.90. The molecule has 2 fully saturated rings. The van der Waals surface area contributed by atoms with Gasteiger partial charge in [-0.05, 0) is 26.3 Å². The Balaban J connectivity index is 1.82. The minimum atomic E-state index is -0.0543. The molecule has 2 saturated heterocycles. The van der Waals surface area contributed by atoms with Gasteiger partial charge in [-0.1, -0.05) is 0 Å². The first kappa shape index (κ1) is 10.8. The SMILES string of the molecule is Cc1cc(=O)[nH]c(N2CCN3CCC[C@@H]3C2)n1. The molecule has 1 aromatic rings. The molecule has 0 aromatic carbocycles. The normalized spacial score (nSPS) is 25.0. The van der Waals surface area contributed by atoms with E-state index in [1.165, 1.54) is 25.5 Å². The molecule has 92 valence electrons. The Bertz CT molecular complexity index is 470. The zero-order valence-corrected chi connectivity index (χ0v) is 10.1. The topological polar surface area (TPSA) is 52.2 Å². The average molecular weight is 234 g/mol. The molecular formula is C12H18N4O. The number of fused-ring (bicyclic) bond motifs is 1. The molecule has 0 bridgehead atoms. The Hall–Kier alpha value is -1.36. The maximum Gasteiger partial charge on any atom is 0.252 e. The summed E-state index contributed by atoms with van der Waals surface area (Å²) in [6, 6.07) is 2.18. The molecule has 0 aliphatic carbocycles. The van der Waals surface area contributed by atoms with Gasteiger partial charge in [0.15, 0.2) is 0 Å². The second-order valence-corrected chi connectivity index (χ2v) is 4.99. The molecule has 0 spiro atoms. The van der Waals surface area contributed by atoms with Gasteiger partial charge in [0.05, 0.1) is 0 Å². The Morgan fingerprint density at radius 3 is 3.12 bits per heavy atom. The highest BCUT2D eigenvalue weighted by Crippen LogP contribution is 2.23. The third-order valence-corrected chi connectivity index (χ3v) is 3.74. The van der Waals surface area contributed by atoms with Gasteiger partial charge in [0.25, 0.3) is 5.56 Å². The van der Waals surface area contributed by atoms with E-state index >= 15 is 0 Å². The second-order valence-electron chi connectivity index (χ2n) is 4.99. The van der Waals surface area contributed by atoms with Gasteiger partial charge >= 0.3 is 0 Å². The van der Waals surface area contributed by atoms with Crippen molar-refractivity contribution in [2.24, 2.45) is 0 Å². The molecule has 2 aliphatic rings.